The molecule has 7 nitrogen and oxygen atoms in total. The smallest absolute Gasteiger partial charge is 0.303 e. The molecule has 0 radical (unpaired) electrons. The second-order valence-electron chi connectivity index (χ2n) is 5.74. The maximum absolute atomic E-state index is 10.1. The van der Waals surface area contributed by atoms with Crippen molar-refractivity contribution in [3.05, 3.63) is 0 Å². The molecule has 0 heterocycles. The van der Waals surface area contributed by atoms with E-state index in [0.717, 1.165) is 52.1 Å². The van der Waals surface area contributed by atoms with Crippen LogP contribution >= 0.6 is 0 Å². The number of carboxylic acids is 1. The SMILES string of the molecule is CCCCCCCCC(=O)O.NCCNCCNCCNCCN. The lowest BCUT2D eigenvalue weighted by atomic mass is 10.1. The second kappa shape index (κ2) is 24.5. The van der Waals surface area contributed by atoms with Crippen molar-refractivity contribution < 1.29 is 9.90 Å². The Balaban J connectivity index is 0. The number of hydrogen-bond acceptors (Lipinski definition) is 6. The Morgan fingerprint density at radius 3 is 1.58 bits per heavy atom. The molecule has 7 heteroatoms. The first-order valence-electron chi connectivity index (χ1n) is 9.43. The first-order chi connectivity index (χ1) is 11.7. The molecule has 0 aliphatic heterocycles. The zero-order chi connectivity index (χ0) is 18.3. The van der Waals surface area contributed by atoms with Crippen LogP contribution in [0.5, 0.6) is 0 Å². The summed E-state index contributed by atoms with van der Waals surface area (Å²) in [4.78, 5) is 10.1. The normalized spacial score (nSPS) is 10.3. The molecule has 0 saturated carbocycles. The van der Waals surface area contributed by atoms with E-state index in [4.69, 9.17) is 16.6 Å². The van der Waals surface area contributed by atoms with E-state index in [1.54, 1.807) is 0 Å². The highest BCUT2D eigenvalue weighted by molar-refractivity contribution is 5.66. The van der Waals surface area contributed by atoms with Crippen LogP contribution in [0.3, 0.4) is 0 Å². The van der Waals surface area contributed by atoms with Crippen LogP contribution < -0.4 is 27.4 Å². The predicted molar refractivity (Wildman–Crippen MR) is 102 cm³/mol. The summed E-state index contributed by atoms with van der Waals surface area (Å²) in [5.41, 5.74) is 10.6. The van der Waals surface area contributed by atoms with Gasteiger partial charge in [-0.15, -0.1) is 0 Å². The Morgan fingerprint density at radius 2 is 1.17 bits per heavy atom. The molecule has 24 heavy (non-hydrogen) atoms. The van der Waals surface area contributed by atoms with Gasteiger partial charge in [0, 0.05) is 58.8 Å². The van der Waals surface area contributed by atoms with Gasteiger partial charge in [-0.3, -0.25) is 4.79 Å². The Labute approximate surface area is 148 Å². The fraction of sp³-hybridized carbons (Fsp3) is 0.941. The zero-order valence-electron chi connectivity index (χ0n) is 15.6. The highest BCUT2D eigenvalue weighted by Crippen LogP contribution is 2.06. The van der Waals surface area contributed by atoms with E-state index in [2.05, 4.69) is 22.9 Å². The third kappa shape index (κ3) is 29.3. The number of rotatable bonds is 17. The van der Waals surface area contributed by atoms with Crippen LogP contribution in [0.4, 0.5) is 0 Å². The van der Waals surface area contributed by atoms with Gasteiger partial charge in [0.05, 0.1) is 0 Å². The summed E-state index contributed by atoms with van der Waals surface area (Å²) in [7, 11) is 0. The summed E-state index contributed by atoms with van der Waals surface area (Å²) < 4.78 is 0. The van der Waals surface area contributed by atoms with Crippen LogP contribution in [0, 0.1) is 0 Å². The molecule has 0 bridgehead atoms. The largest absolute Gasteiger partial charge is 0.481 e. The van der Waals surface area contributed by atoms with Gasteiger partial charge in [-0.25, -0.2) is 0 Å². The van der Waals surface area contributed by atoms with Crippen LogP contribution in [0.1, 0.15) is 51.9 Å². The predicted octanol–water partition coefficient (Wildman–Crippen LogP) is 0.494. The average molecular weight is 348 g/mol. The number of aliphatic carboxylic acids is 1. The third-order valence-electron chi connectivity index (χ3n) is 3.34. The van der Waals surface area contributed by atoms with E-state index in [9.17, 15) is 4.79 Å². The van der Waals surface area contributed by atoms with Crippen LogP contribution in [-0.2, 0) is 4.79 Å². The minimum atomic E-state index is -0.666. The molecule has 0 aliphatic rings. The molecule has 0 aromatic carbocycles. The molecule has 0 aliphatic carbocycles. The van der Waals surface area contributed by atoms with Gasteiger partial charge < -0.3 is 32.5 Å². The Morgan fingerprint density at radius 1 is 0.750 bits per heavy atom. The lowest BCUT2D eigenvalue weighted by Gasteiger charge is -2.06. The van der Waals surface area contributed by atoms with Crippen molar-refractivity contribution in [2.45, 2.75) is 51.9 Å². The lowest BCUT2D eigenvalue weighted by molar-refractivity contribution is -0.137. The zero-order valence-corrected chi connectivity index (χ0v) is 15.6. The van der Waals surface area contributed by atoms with Crippen molar-refractivity contribution in [1.29, 1.82) is 0 Å². The standard InChI is InChI=1S/C9H18O2.C8H23N5/c1-2-3-4-5-6-7-8-9(10)11;9-1-3-11-5-7-13-8-6-12-4-2-10/h2-8H2,1H3,(H,10,11);11-13H,1-10H2. The number of nitrogens with two attached hydrogens (primary N) is 2. The summed E-state index contributed by atoms with van der Waals surface area (Å²) in [5, 5.41) is 18.0. The van der Waals surface area contributed by atoms with E-state index in [0.29, 0.717) is 19.5 Å². The molecule has 0 unspecified atom stereocenters. The summed E-state index contributed by atoms with van der Waals surface area (Å²) in [6.07, 6.45) is 7.25. The molecule has 0 atom stereocenters. The minimum Gasteiger partial charge on any atom is -0.481 e. The van der Waals surface area contributed by atoms with Crippen molar-refractivity contribution >= 4 is 5.97 Å². The molecular weight excluding hydrogens is 306 g/mol. The van der Waals surface area contributed by atoms with Crippen molar-refractivity contribution in [2.75, 3.05) is 52.4 Å². The number of nitrogens with one attached hydrogen (secondary N) is 3. The fourth-order valence-electron chi connectivity index (χ4n) is 1.99. The number of carboxylic acid groups (broad SMARTS) is 1. The van der Waals surface area contributed by atoms with Gasteiger partial charge in [-0.05, 0) is 6.42 Å². The topological polar surface area (TPSA) is 125 Å². The second-order valence-corrected chi connectivity index (χ2v) is 5.74. The van der Waals surface area contributed by atoms with Gasteiger partial charge in [0.2, 0.25) is 0 Å². The number of unbranched alkanes of at least 4 members (excludes halogenated alkanes) is 5. The van der Waals surface area contributed by atoms with Gasteiger partial charge >= 0.3 is 5.97 Å². The first-order valence-corrected chi connectivity index (χ1v) is 9.43. The molecule has 0 rings (SSSR count). The quantitative estimate of drug-likeness (QED) is 0.212. The summed E-state index contributed by atoms with van der Waals surface area (Å²) in [5.74, 6) is -0.666. The Kier molecular flexibility index (Phi) is 26.1. The molecule has 8 N–H and O–H groups in total. The van der Waals surface area contributed by atoms with E-state index in [1.165, 1.54) is 25.7 Å². The Bertz CT molecular complexity index is 233. The average Bonchev–Trinajstić information content (AvgIpc) is 2.57. The maximum atomic E-state index is 10.1. The molecule has 0 saturated heterocycles. The van der Waals surface area contributed by atoms with E-state index in [1.807, 2.05) is 0 Å². The monoisotopic (exact) mass is 347 g/mol. The van der Waals surface area contributed by atoms with Gasteiger partial charge in [-0.1, -0.05) is 39.0 Å². The van der Waals surface area contributed by atoms with Gasteiger partial charge in [0.25, 0.3) is 0 Å². The van der Waals surface area contributed by atoms with Crippen LogP contribution in [0.15, 0.2) is 0 Å². The fourth-order valence-corrected chi connectivity index (χ4v) is 1.99. The highest BCUT2D eigenvalue weighted by Gasteiger charge is 1.95. The van der Waals surface area contributed by atoms with Crippen molar-refractivity contribution in [3.8, 4) is 0 Å². The van der Waals surface area contributed by atoms with Gasteiger partial charge in [0.1, 0.15) is 0 Å². The Hall–Kier alpha value is -0.730. The molecule has 146 valence electrons. The third-order valence-corrected chi connectivity index (χ3v) is 3.34. The van der Waals surface area contributed by atoms with Crippen molar-refractivity contribution in [3.63, 3.8) is 0 Å². The molecular formula is C17H41N5O2. The number of hydrogen-bond donors (Lipinski definition) is 6. The van der Waals surface area contributed by atoms with E-state index >= 15 is 0 Å². The van der Waals surface area contributed by atoms with E-state index in [-0.39, 0.29) is 0 Å². The minimum absolute atomic E-state index is 0.339. The van der Waals surface area contributed by atoms with Crippen LogP contribution in [0.25, 0.3) is 0 Å². The summed E-state index contributed by atoms with van der Waals surface area (Å²) in [6, 6.07) is 0. The van der Waals surface area contributed by atoms with Crippen molar-refractivity contribution in [1.82, 2.24) is 16.0 Å². The maximum Gasteiger partial charge on any atom is 0.303 e. The lowest BCUT2D eigenvalue weighted by Crippen LogP contribution is -2.35. The highest BCUT2D eigenvalue weighted by atomic mass is 16.4. The number of carbonyl (C=O) groups is 1. The molecule has 0 spiro atoms. The summed E-state index contributed by atoms with van der Waals surface area (Å²) >= 11 is 0. The molecule has 0 aromatic heterocycles. The molecule has 0 aromatic rings. The van der Waals surface area contributed by atoms with Crippen molar-refractivity contribution in [2.24, 2.45) is 11.5 Å². The molecule has 0 amide bonds. The van der Waals surface area contributed by atoms with Crippen LogP contribution in [-0.4, -0.2) is 63.4 Å². The van der Waals surface area contributed by atoms with Gasteiger partial charge in [0.15, 0.2) is 0 Å². The molecule has 0 fully saturated rings. The van der Waals surface area contributed by atoms with Crippen LogP contribution in [0.2, 0.25) is 0 Å². The van der Waals surface area contributed by atoms with E-state index < -0.39 is 5.97 Å². The van der Waals surface area contributed by atoms with Gasteiger partial charge in [-0.2, -0.15) is 0 Å². The first kappa shape index (κ1) is 25.5. The summed E-state index contributed by atoms with van der Waals surface area (Å²) in [6.45, 7) is 9.32.